The van der Waals surface area contributed by atoms with E-state index in [1.807, 2.05) is 35.3 Å². The van der Waals surface area contributed by atoms with Crippen LogP contribution in [0.15, 0.2) is 41.7 Å². The van der Waals surface area contributed by atoms with Gasteiger partial charge in [-0.05, 0) is 24.5 Å². The molecule has 1 saturated carbocycles. The zero-order chi connectivity index (χ0) is 13.1. The third-order valence-corrected chi connectivity index (χ3v) is 3.40. The van der Waals surface area contributed by atoms with E-state index < -0.39 is 0 Å². The van der Waals surface area contributed by atoms with Crippen molar-refractivity contribution in [2.24, 2.45) is 0 Å². The predicted octanol–water partition coefficient (Wildman–Crippen LogP) is 1.17. The summed E-state index contributed by atoms with van der Waals surface area (Å²) in [6.45, 7) is 2.27. The summed E-state index contributed by atoms with van der Waals surface area (Å²) in [7, 11) is 0. The third kappa shape index (κ3) is 2.93. The zero-order valence-corrected chi connectivity index (χ0v) is 10.8. The molecular weight excluding hydrogens is 240 g/mol. The van der Waals surface area contributed by atoms with Crippen molar-refractivity contribution < 1.29 is 0 Å². The van der Waals surface area contributed by atoms with Gasteiger partial charge in [-0.25, -0.2) is 4.79 Å². The Morgan fingerprint density at radius 2 is 2.26 bits per heavy atom. The van der Waals surface area contributed by atoms with Crippen molar-refractivity contribution in [3.8, 4) is 0 Å². The van der Waals surface area contributed by atoms with E-state index >= 15 is 0 Å². The largest absolute Gasteiger partial charge is 0.328 e. The fourth-order valence-corrected chi connectivity index (χ4v) is 2.16. The highest BCUT2D eigenvalue weighted by molar-refractivity contribution is 5.07. The Bertz CT molecular complexity index is 583. The molecule has 1 aliphatic rings. The van der Waals surface area contributed by atoms with E-state index in [0.717, 1.165) is 31.5 Å². The highest BCUT2D eigenvalue weighted by atomic mass is 16.1. The number of hydrogen-bond donors (Lipinski definition) is 1. The second-order valence-electron chi connectivity index (χ2n) is 4.95. The molecule has 100 valence electrons. The van der Waals surface area contributed by atoms with Crippen LogP contribution in [-0.4, -0.2) is 20.7 Å². The fraction of sp³-hybridized carbons (Fsp3) is 0.429. The smallest absolute Gasteiger partial charge is 0.311 e. The summed E-state index contributed by atoms with van der Waals surface area (Å²) in [6, 6.07) is 4.42. The second kappa shape index (κ2) is 5.40. The van der Waals surface area contributed by atoms with Gasteiger partial charge in [-0.2, -0.15) is 0 Å². The Balaban J connectivity index is 1.49. The summed E-state index contributed by atoms with van der Waals surface area (Å²) in [4.78, 5) is 16.1. The van der Waals surface area contributed by atoms with Gasteiger partial charge < -0.3 is 5.32 Å². The summed E-state index contributed by atoms with van der Waals surface area (Å²) >= 11 is 0. The van der Waals surface area contributed by atoms with Crippen LogP contribution in [0.5, 0.6) is 0 Å². The van der Waals surface area contributed by atoms with Crippen LogP contribution in [0.4, 0.5) is 0 Å². The molecule has 0 unspecified atom stereocenters. The van der Waals surface area contributed by atoms with Crippen molar-refractivity contribution in [2.45, 2.75) is 32.0 Å². The van der Waals surface area contributed by atoms with Gasteiger partial charge in [0.2, 0.25) is 0 Å². The standard InChI is InChI=1S/C14H18N4O/c19-14-17(8-9-18(14)13-3-4-13)7-6-16-11-12-2-1-5-15-10-12/h1-2,5,8-10,13,16H,3-4,6-7,11H2. The van der Waals surface area contributed by atoms with E-state index in [4.69, 9.17) is 0 Å². The number of pyridine rings is 1. The second-order valence-corrected chi connectivity index (χ2v) is 4.95. The molecule has 0 bridgehead atoms. The SMILES string of the molecule is O=c1n(CCNCc2cccnc2)ccn1C1CC1. The van der Waals surface area contributed by atoms with Gasteiger partial charge in [-0.15, -0.1) is 0 Å². The van der Waals surface area contributed by atoms with Gasteiger partial charge in [-0.1, -0.05) is 6.07 Å². The van der Waals surface area contributed by atoms with Crippen molar-refractivity contribution in [3.63, 3.8) is 0 Å². The molecule has 0 saturated heterocycles. The molecule has 0 radical (unpaired) electrons. The summed E-state index contributed by atoms with van der Waals surface area (Å²) in [6.07, 6.45) is 9.69. The normalized spacial score (nSPS) is 14.7. The van der Waals surface area contributed by atoms with Crippen molar-refractivity contribution in [1.29, 1.82) is 0 Å². The molecule has 1 aliphatic carbocycles. The van der Waals surface area contributed by atoms with Crippen molar-refractivity contribution >= 4 is 0 Å². The van der Waals surface area contributed by atoms with Crippen molar-refractivity contribution in [1.82, 2.24) is 19.4 Å². The Morgan fingerprint density at radius 3 is 3.00 bits per heavy atom. The summed E-state index contributed by atoms with van der Waals surface area (Å²) in [5.41, 5.74) is 1.27. The van der Waals surface area contributed by atoms with Crippen LogP contribution < -0.4 is 11.0 Å². The first-order valence-electron chi connectivity index (χ1n) is 6.71. The molecule has 0 atom stereocenters. The number of nitrogens with one attached hydrogen (secondary N) is 1. The van der Waals surface area contributed by atoms with E-state index in [9.17, 15) is 4.79 Å². The Labute approximate surface area is 111 Å². The lowest BCUT2D eigenvalue weighted by Crippen LogP contribution is -2.28. The molecule has 0 aromatic carbocycles. The van der Waals surface area contributed by atoms with Crippen LogP contribution in [0.1, 0.15) is 24.4 Å². The highest BCUT2D eigenvalue weighted by Gasteiger charge is 2.25. The van der Waals surface area contributed by atoms with E-state index in [-0.39, 0.29) is 5.69 Å². The molecule has 1 N–H and O–H groups in total. The number of rotatable bonds is 6. The van der Waals surface area contributed by atoms with E-state index in [1.165, 1.54) is 0 Å². The molecule has 0 spiro atoms. The summed E-state index contributed by atoms with van der Waals surface area (Å²) in [5, 5.41) is 3.32. The lowest BCUT2D eigenvalue weighted by Gasteiger charge is -2.05. The Hall–Kier alpha value is -1.88. The minimum absolute atomic E-state index is 0.116. The molecule has 3 rings (SSSR count). The first kappa shape index (κ1) is 12.2. The maximum absolute atomic E-state index is 12.0. The fourth-order valence-electron chi connectivity index (χ4n) is 2.16. The lowest BCUT2D eigenvalue weighted by molar-refractivity contribution is 0.568. The Morgan fingerprint density at radius 1 is 1.37 bits per heavy atom. The van der Waals surface area contributed by atoms with Crippen molar-refractivity contribution in [3.05, 3.63) is 53.0 Å². The monoisotopic (exact) mass is 258 g/mol. The van der Waals surface area contributed by atoms with Gasteiger partial charge in [-0.3, -0.25) is 14.1 Å². The topological polar surface area (TPSA) is 51.9 Å². The van der Waals surface area contributed by atoms with Gasteiger partial charge in [0.15, 0.2) is 0 Å². The average Bonchev–Trinajstić information content (AvgIpc) is 3.21. The molecule has 5 nitrogen and oxygen atoms in total. The maximum Gasteiger partial charge on any atom is 0.328 e. The van der Waals surface area contributed by atoms with E-state index in [2.05, 4.69) is 10.3 Å². The third-order valence-electron chi connectivity index (χ3n) is 3.40. The molecule has 2 heterocycles. The first-order chi connectivity index (χ1) is 9.34. The molecule has 0 aliphatic heterocycles. The first-order valence-corrected chi connectivity index (χ1v) is 6.71. The molecule has 0 amide bonds. The van der Waals surface area contributed by atoms with Crippen molar-refractivity contribution in [2.75, 3.05) is 6.54 Å². The number of aromatic nitrogens is 3. The minimum atomic E-state index is 0.116. The molecule has 1 fully saturated rings. The van der Waals surface area contributed by atoms with Gasteiger partial charge in [0, 0.05) is 50.5 Å². The van der Waals surface area contributed by atoms with Crippen LogP contribution in [0.25, 0.3) is 0 Å². The zero-order valence-electron chi connectivity index (χ0n) is 10.8. The van der Waals surface area contributed by atoms with Crippen LogP contribution >= 0.6 is 0 Å². The molecule has 2 aromatic rings. The number of nitrogens with zero attached hydrogens (tertiary/aromatic N) is 3. The number of imidazole rings is 1. The highest BCUT2D eigenvalue weighted by Crippen LogP contribution is 2.33. The molecule has 2 aromatic heterocycles. The van der Waals surface area contributed by atoms with Crippen LogP contribution in [0.3, 0.4) is 0 Å². The van der Waals surface area contributed by atoms with Gasteiger partial charge in [0.25, 0.3) is 0 Å². The molecule has 19 heavy (non-hydrogen) atoms. The number of hydrogen-bond acceptors (Lipinski definition) is 3. The van der Waals surface area contributed by atoms with Gasteiger partial charge >= 0.3 is 5.69 Å². The summed E-state index contributed by atoms with van der Waals surface area (Å²) < 4.78 is 3.62. The Kier molecular flexibility index (Phi) is 3.46. The van der Waals surface area contributed by atoms with E-state index in [1.54, 1.807) is 10.8 Å². The minimum Gasteiger partial charge on any atom is -0.311 e. The van der Waals surface area contributed by atoms with Crippen LogP contribution in [-0.2, 0) is 13.1 Å². The quantitative estimate of drug-likeness (QED) is 0.791. The predicted molar refractivity (Wildman–Crippen MR) is 72.9 cm³/mol. The van der Waals surface area contributed by atoms with Crippen LogP contribution in [0, 0.1) is 0 Å². The lowest BCUT2D eigenvalue weighted by atomic mass is 10.3. The summed E-state index contributed by atoms with van der Waals surface area (Å²) in [5.74, 6) is 0. The molecular formula is C14H18N4O. The van der Waals surface area contributed by atoms with E-state index in [0.29, 0.717) is 12.6 Å². The average molecular weight is 258 g/mol. The van der Waals surface area contributed by atoms with Gasteiger partial charge in [0.1, 0.15) is 0 Å². The maximum atomic E-state index is 12.0. The molecule has 5 heteroatoms. The van der Waals surface area contributed by atoms with Gasteiger partial charge in [0.05, 0.1) is 0 Å². The van der Waals surface area contributed by atoms with Crippen LogP contribution in [0.2, 0.25) is 0 Å².